The molecule has 0 aliphatic rings. The Hall–Kier alpha value is -4.39. The number of benzene rings is 3. The van der Waals surface area contributed by atoms with E-state index >= 15 is 0 Å². The molecule has 0 aliphatic carbocycles. The molecule has 0 unspecified atom stereocenters. The van der Waals surface area contributed by atoms with Crippen molar-refractivity contribution in [2.24, 2.45) is 0 Å². The van der Waals surface area contributed by atoms with Gasteiger partial charge in [-0.3, -0.25) is 9.59 Å². The fourth-order valence-electron chi connectivity index (χ4n) is 4.31. The van der Waals surface area contributed by atoms with Gasteiger partial charge in [0.05, 0.1) is 0 Å². The van der Waals surface area contributed by atoms with Gasteiger partial charge >= 0.3 is 5.97 Å². The number of phenols is 1. The fraction of sp³-hybridized carbons (Fsp3) is 0.303. The van der Waals surface area contributed by atoms with Gasteiger partial charge in [-0.1, -0.05) is 87.6 Å². The van der Waals surface area contributed by atoms with Gasteiger partial charge in [0.2, 0.25) is 5.91 Å². The molecule has 210 valence electrons. The summed E-state index contributed by atoms with van der Waals surface area (Å²) in [6, 6.07) is 20.9. The minimum Gasteiger partial charge on any atom is -0.507 e. The first-order valence-electron chi connectivity index (χ1n) is 13.8. The highest BCUT2D eigenvalue weighted by molar-refractivity contribution is 5.94. The number of hydrogen-bond acceptors (Lipinski definition) is 4. The zero-order valence-electron chi connectivity index (χ0n) is 23.0. The molecule has 40 heavy (non-hydrogen) atoms. The molecule has 0 radical (unpaired) electrons. The van der Waals surface area contributed by atoms with E-state index in [2.05, 4.69) is 12.2 Å². The van der Waals surface area contributed by atoms with Gasteiger partial charge in [-0.25, -0.2) is 4.79 Å². The highest BCUT2D eigenvalue weighted by Crippen LogP contribution is 2.21. The summed E-state index contributed by atoms with van der Waals surface area (Å²) in [5.74, 6) is -1.95. The van der Waals surface area contributed by atoms with Crippen LogP contribution in [-0.4, -0.2) is 39.4 Å². The van der Waals surface area contributed by atoms with Gasteiger partial charge < -0.3 is 20.4 Å². The van der Waals surface area contributed by atoms with Crippen molar-refractivity contribution in [2.45, 2.75) is 58.5 Å². The molecule has 7 nitrogen and oxygen atoms in total. The lowest BCUT2D eigenvalue weighted by Gasteiger charge is -2.22. The number of carboxylic acids is 1. The molecule has 2 amide bonds. The summed E-state index contributed by atoms with van der Waals surface area (Å²) in [6.07, 6.45) is 10.2. The molecule has 0 heterocycles. The zero-order valence-corrected chi connectivity index (χ0v) is 23.0. The van der Waals surface area contributed by atoms with Gasteiger partial charge in [0.1, 0.15) is 11.3 Å². The Morgan fingerprint density at radius 1 is 0.825 bits per heavy atom. The van der Waals surface area contributed by atoms with Crippen LogP contribution in [-0.2, 0) is 17.9 Å². The van der Waals surface area contributed by atoms with Crippen molar-refractivity contribution in [1.82, 2.24) is 10.2 Å². The molecular weight excluding hydrogens is 504 g/mol. The van der Waals surface area contributed by atoms with Gasteiger partial charge in [-0.15, -0.1) is 0 Å². The second-order valence-corrected chi connectivity index (χ2v) is 9.82. The minimum atomic E-state index is -1.24. The van der Waals surface area contributed by atoms with E-state index < -0.39 is 5.97 Å². The third kappa shape index (κ3) is 9.73. The number of hydrogen-bond donors (Lipinski definition) is 3. The highest BCUT2D eigenvalue weighted by Gasteiger charge is 2.16. The number of carbonyl (C=O) groups excluding carboxylic acids is 2. The standard InChI is InChI=1S/C33H38N2O5/c1-2-3-4-5-6-10-21-34-32(38)28-17-13-26(14-18-28)23-35(31(37)20-16-25-11-8-7-9-12-25)24-27-15-19-30(36)29(22-27)33(39)40/h7-9,11-20,22,36H,2-6,10,21,23-24H2,1H3,(H,34,38)(H,39,40). The van der Waals surface area contributed by atoms with Crippen LogP contribution in [0.15, 0.2) is 78.9 Å². The van der Waals surface area contributed by atoms with Crippen LogP contribution in [0.2, 0.25) is 0 Å². The van der Waals surface area contributed by atoms with Crippen LogP contribution < -0.4 is 5.32 Å². The number of unbranched alkanes of at least 4 members (excludes halogenated alkanes) is 5. The Labute approximate surface area is 236 Å². The van der Waals surface area contributed by atoms with Gasteiger partial charge in [0.15, 0.2) is 0 Å². The summed E-state index contributed by atoms with van der Waals surface area (Å²) < 4.78 is 0. The summed E-state index contributed by atoms with van der Waals surface area (Å²) >= 11 is 0. The first kappa shape index (κ1) is 30.2. The molecule has 3 N–H and O–H groups in total. The van der Waals surface area contributed by atoms with Crippen LogP contribution in [0.1, 0.15) is 82.9 Å². The third-order valence-electron chi connectivity index (χ3n) is 6.60. The molecule has 0 aromatic heterocycles. The topological polar surface area (TPSA) is 107 Å². The largest absolute Gasteiger partial charge is 0.507 e. The van der Waals surface area contributed by atoms with Crippen molar-refractivity contribution in [2.75, 3.05) is 6.54 Å². The molecular formula is C33H38N2O5. The predicted octanol–water partition coefficient (Wildman–Crippen LogP) is 6.42. The van der Waals surface area contributed by atoms with Crippen molar-refractivity contribution in [3.8, 4) is 5.75 Å². The van der Waals surface area contributed by atoms with Gasteiger partial charge in [-0.05, 0) is 53.5 Å². The summed E-state index contributed by atoms with van der Waals surface area (Å²) in [5, 5.41) is 22.2. The average molecular weight is 543 g/mol. The number of rotatable bonds is 15. The Kier molecular flexibility index (Phi) is 12.0. The van der Waals surface area contributed by atoms with Crippen molar-refractivity contribution in [3.63, 3.8) is 0 Å². The number of amides is 2. The predicted molar refractivity (Wildman–Crippen MR) is 157 cm³/mol. The molecule has 3 aromatic rings. The van der Waals surface area contributed by atoms with Gasteiger partial charge in [0, 0.05) is 31.3 Å². The van der Waals surface area contributed by atoms with E-state index in [1.54, 1.807) is 29.2 Å². The van der Waals surface area contributed by atoms with Crippen LogP contribution in [0.4, 0.5) is 0 Å². The van der Waals surface area contributed by atoms with E-state index in [9.17, 15) is 24.6 Å². The Bertz CT molecular complexity index is 1290. The van der Waals surface area contributed by atoms with Gasteiger partial charge in [-0.2, -0.15) is 0 Å². The normalized spacial score (nSPS) is 10.9. The molecule has 0 fully saturated rings. The van der Waals surface area contributed by atoms with Gasteiger partial charge in [0.25, 0.3) is 5.91 Å². The van der Waals surface area contributed by atoms with Crippen molar-refractivity contribution in [1.29, 1.82) is 0 Å². The summed E-state index contributed by atoms with van der Waals surface area (Å²) in [6.45, 7) is 3.23. The van der Waals surface area contributed by atoms with E-state index in [0.717, 1.165) is 24.0 Å². The van der Waals surface area contributed by atoms with Crippen molar-refractivity contribution < 1.29 is 24.6 Å². The monoisotopic (exact) mass is 542 g/mol. The lowest BCUT2D eigenvalue weighted by Crippen LogP contribution is -2.28. The van der Waals surface area contributed by atoms with E-state index in [-0.39, 0.29) is 36.2 Å². The fourth-order valence-corrected chi connectivity index (χ4v) is 4.31. The highest BCUT2D eigenvalue weighted by atomic mass is 16.4. The zero-order chi connectivity index (χ0) is 28.7. The molecule has 3 rings (SSSR count). The molecule has 3 aromatic carbocycles. The Morgan fingerprint density at radius 2 is 1.48 bits per heavy atom. The summed E-state index contributed by atoms with van der Waals surface area (Å²) in [7, 11) is 0. The Morgan fingerprint density at radius 3 is 2.17 bits per heavy atom. The second-order valence-electron chi connectivity index (χ2n) is 9.82. The van der Waals surface area contributed by atoms with E-state index in [1.807, 2.05) is 42.5 Å². The second kappa shape index (κ2) is 15.9. The molecule has 0 saturated heterocycles. The molecule has 7 heteroatoms. The minimum absolute atomic E-state index is 0.121. The molecule has 0 saturated carbocycles. The average Bonchev–Trinajstić information content (AvgIpc) is 2.96. The van der Waals surface area contributed by atoms with Crippen LogP contribution >= 0.6 is 0 Å². The lowest BCUT2D eigenvalue weighted by molar-refractivity contribution is -0.127. The van der Waals surface area contributed by atoms with E-state index in [0.29, 0.717) is 17.7 Å². The first-order chi connectivity index (χ1) is 19.4. The number of nitrogens with one attached hydrogen (secondary N) is 1. The number of nitrogens with zero attached hydrogens (tertiary/aromatic N) is 1. The number of aromatic hydroxyl groups is 1. The maximum atomic E-state index is 13.2. The summed E-state index contributed by atoms with van der Waals surface area (Å²) in [4.78, 5) is 38.8. The number of carbonyl (C=O) groups is 3. The Balaban J connectivity index is 1.68. The number of aromatic carboxylic acids is 1. The van der Waals surface area contributed by atoms with Crippen LogP contribution in [0.5, 0.6) is 5.75 Å². The quantitative estimate of drug-likeness (QED) is 0.152. The van der Waals surface area contributed by atoms with E-state index in [1.165, 1.54) is 43.9 Å². The SMILES string of the molecule is CCCCCCCCNC(=O)c1ccc(CN(Cc2ccc(O)c(C(=O)O)c2)C(=O)C=Cc2ccccc2)cc1. The maximum Gasteiger partial charge on any atom is 0.339 e. The molecule has 0 spiro atoms. The van der Waals surface area contributed by atoms with Crippen molar-refractivity contribution in [3.05, 3.63) is 107 Å². The van der Waals surface area contributed by atoms with Crippen LogP contribution in [0.25, 0.3) is 6.08 Å². The smallest absolute Gasteiger partial charge is 0.339 e. The molecule has 0 bridgehead atoms. The third-order valence-corrected chi connectivity index (χ3v) is 6.60. The van der Waals surface area contributed by atoms with Crippen LogP contribution in [0.3, 0.4) is 0 Å². The molecule has 0 aliphatic heterocycles. The summed E-state index contributed by atoms with van der Waals surface area (Å²) in [5.41, 5.74) is 2.61. The van der Waals surface area contributed by atoms with E-state index in [4.69, 9.17) is 0 Å². The maximum absolute atomic E-state index is 13.2. The lowest BCUT2D eigenvalue weighted by atomic mass is 10.1. The molecule has 0 atom stereocenters. The number of carboxylic acid groups (broad SMARTS) is 1. The first-order valence-corrected chi connectivity index (χ1v) is 13.8. The van der Waals surface area contributed by atoms with Crippen molar-refractivity contribution >= 4 is 23.9 Å². The van der Waals surface area contributed by atoms with Crippen LogP contribution in [0, 0.1) is 0 Å².